The van der Waals surface area contributed by atoms with Crippen molar-refractivity contribution in [3.8, 4) is 17.0 Å². The number of urea groups is 1. The minimum atomic E-state index is -1.42. The minimum absolute atomic E-state index is 0.159. The Bertz CT molecular complexity index is 1070. The van der Waals surface area contributed by atoms with Crippen LogP contribution in [0.4, 0.5) is 10.5 Å². The highest BCUT2D eigenvalue weighted by molar-refractivity contribution is 6.19. The number of benzene rings is 1. The van der Waals surface area contributed by atoms with Gasteiger partial charge in [-0.1, -0.05) is 12.1 Å². The van der Waals surface area contributed by atoms with E-state index in [4.69, 9.17) is 9.84 Å². The monoisotopic (exact) mass is 438 g/mol. The molecule has 1 aromatic heterocycles. The van der Waals surface area contributed by atoms with Crippen LogP contribution in [0.25, 0.3) is 11.1 Å². The maximum absolute atomic E-state index is 13.0. The van der Waals surface area contributed by atoms with Crippen molar-refractivity contribution in [2.45, 2.75) is 12.5 Å². The van der Waals surface area contributed by atoms with Crippen molar-refractivity contribution in [2.75, 3.05) is 25.6 Å². The summed E-state index contributed by atoms with van der Waals surface area (Å²) in [6, 6.07) is 8.02. The number of anilines is 1. The zero-order valence-electron chi connectivity index (χ0n) is 17.5. The molecule has 0 saturated carbocycles. The zero-order valence-corrected chi connectivity index (χ0v) is 17.5. The summed E-state index contributed by atoms with van der Waals surface area (Å²) in [5.41, 5.74) is 1.72. The Morgan fingerprint density at radius 1 is 1.22 bits per heavy atom. The third kappa shape index (κ3) is 4.91. The lowest BCUT2D eigenvalue weighted by atomic mass is 10.0. The van der Waals surface area contributed by atoms with Gasteiger partial charge >= 0.3 is 12.0 Å². The fourth-order valence-corrected chi connectivity index (χ4v) is 3.15. The van der Waals surface area contributed by atoms with Gasteiger partial charge in [-0.2, -0.15) is 0 Å². The van der Waals surface area contributed by atoms with Gasteiger partial charge in [-0.15, -0.1) is 0 Å². The Morgan fingerprint density at radius 3 is 2.66 bits per heavy atom. The molecule has 0 unspecified atom stereocenters. The second-order valence-electron chi connectivity index (χ2n) is 6.96. The summed E-state index contributed by atoms with van der Waals surface area (Å²) < 4.78 is 5.07. The smallest absolute Gasteiger partial charge is 0.323 e. The molecule has 166 valence electrons. The third-order valence-corrected chi connectivity index (χ3v) is 4.81. The number of ether oxygens (including phenoxy) is 1. The Kier molecular flexibility index (Phi) is 6.83. The number of ketones is 1. The van der Waals surface area contributed by atoms with Crippen molar-refractivity contribution in [3.63, 3.8) is 0 Å². The molecule has 2 N–H and O–H groups in total. The predicted molar refractivity (Wildman–Crippen MR) is 115 cm³/mol. The van der Waals surface area contributed by atoms with E-state index in [1.54, 1.807) is 42.6 Å². The number of carboxylic acid groups (broad SMARTS) is 1. The number of pyridine rings is 1. The van der Waals surface area contributed by atoms with Crippen molar-refractivity contribution in [1.82, 2.24) is 15.2 Å². The SMILES string of the molecule is COc1ccc(-c2cccc(N(C(=O)NCCC(=O)O)[C@H]3C(=O)C=CN(C)C3=O)c2)cn1. The molecule has 3 amide bonds. The van der Waals surface area contributed by atoms with Crippen LogP contribution in [0.5, 0.6) is 5.88 Å². The van der Waals surface area contributed by atoms with Gasteiger partial charge in [0.15, 0.2) is 11.8 Å². The van der Waals surface area contributed by atoms with Gasteiger partial charge in [0.1, 0.15) is 0 Å². The number of carbonyl (C=O) groups excluding carboxylic acids is 3. The zero-order chi connectivity index (χ0) is 23.3. The number of hydrogen-bond acceptors (Lipinski definition) is 6. The summed E-state index contributed by atoms with van der Waals surface area (Å²) in [6.45, 7) is -0.159. The molecule has 1 aromatic carbocycles. The van der Waals surface area contributed by atoms with E-state index in [1.165, 1.54) is 31.3 Å². The van der Waals surface area contributed by atoms with E-state index < -0.39 is 29.7 Å². The van der Waals surface area contributed by atoms with Crippen molar-refractivity contribution < 1.29 is 29.0 Å². The van der Waals surface area contributed by atoms with Gasteiger partial charge in [-0.3, -0.25) is 19.3 Å². The Labute approximate surface area is 184 Å². The molecule has 1 aliphatic rings. The van der Waals surface area contributed by atoms with Crippen LogP contribution < -0.4 is 15.0 Å². The Balaban J connectivity index is 2.00. The van der Waals surface area contributed by atoms with Crippen LogP contribution in [0.3, 0.4) is 0 Å². The van der Waals surface area contributed by atoms with Crippen molar-refractivity contribution in [2.24, 2.45) is 0 Å². The standard InChI is InChI=1S/C22H22N4O6/c1-25-11-9-17(27)20(21(25)30)26(22(31)23-10-8-19(28)29)16-5-3-4-14(12-16)15-6-7-18(32-2)24-13-15/h3-7,9,11-13,20H,8,10H2,1-2H3,(H,23,31)(H,28,29)/t20-/m0/s1. The highest BCUT2D eigenvalue weighted by Crippen LogP contribution is 2.28. The number of aromatic nitrogens is 1. The van der Waals surface area contributed by atoms with Gasteiger partial charge in [-0.05, 0) is 23.8 Å². The molecule has 10 nitrogen and oxygen atoms in total. The van der Waals surface area contributed by atoms with E-state index in [-0.39, 0.29) is 13.0 Å². The molecular weight excluding hydrogens is 416 g/mol. The first-order valence-corrected chi connectivity index (χ1v) is 9.70. The first kappa shape index (κ1) is 22.5. The van der Waals surface area contributed by atoms with Crippen LogP contribution in [0.15, 0.2) is 54.9 Å². The summed E-state index contributed by atoms with van der Waals surface area (Å²) in [5.74, 6) is -1.78. The van der Waals surface area contributed by atoms with Crippen LogP contribution in [-0.2, 0) is 14.4 Å². The third-order valence-electron chi connectivity index (χ3n) is 4.81. The highest BCUT2D eigenvalue weighted by atomic mass is 16.5. The fraction of sp³-hybridized carbons (Fsp3) is 0.227. The molecule has 0 saturated heterocycles. The normalized spacial score (nSPS) is 15.4. The second kappa shape index (κ2) is 9.73. The fourth-order valence-electron chi connectivity index (χ4n) is 3.15. The summed E-state index contributed by atoms with van der Waals surface area (Å²) in [4.78, 5) is 55.6. The molecule has 2 aromatic rings. The van der Waals surface area contributed by atoms with E-state index in [1.807, 2.05) is 0 Å². The van der Waals surface area contributed by atoms with E-state index in [9.17, 15) is 19.2 Å². The van der Waals surface area contributed by atoms with E-state index in [0.717, 1.165) is 10.5 Å². The first-order chi connectivity index (χ1) is 15.3. The topological polar surface area (TPSA) is 129 Å². The van der Waals surface area contributed by atoms with Crippen LogP contribution in [0.1, 0.15) is 6.42 Å². The van der Waals surface area contributed by atoms with Crippen LogP contribution in [0.2, 0.25) is 0 Å². The number of rotatable bonds is 7. The summed E-state index contributed by atoms with van der Waals surface area (Å²) in [6.07, 6.45) is 3.86. The molecule has 0 spiro atoms. The van der Waals surface area contributed by atoms with Gasteiger partial charge in [0, 0.05) is 49.4 Å². The van der Waals surface area contributed by atoms with Crippen molar-refractivity contribution in [1.29, 1.82) is 0 Å². The molecule has 1 aliphatic heterocycles. The number of likely N-dealkylation sites (N-methyl/N-ethyl adjacent to an activating group) is 1. The lowest BCUT2D eigenvalue weighted by Crippen LogP contribution is -2.57. The number of methoxy groups -OCH3 is 1. The number of nitrogens with one attached hydrogen (secondary N) is 1. The van der Waals surface area contributed by atoms with Crippen LogP contribution in [0, 0.1) is 0 Å². The Morgan fingerprint density at radius 2 is 2.00 bits per heavy atom. The summed E-state index contributed by atoms with van der Waals surface area (Å²) in [5, 5.41) is 11.3. The number of hydrogen-bond donors (Lipinski definition) is 2. The van der Waals surface area contributed by atoms with Gasteiger partial charge in [-0.25, -0.2) is 9.78 Å². The van der Waals surface area contributed by atoms with Crippen LogP contribution in [-0.4, -0.2) is 65.4 Å². The number of carboxylic acids is 1. The molecule has 2 heterocycles. The highest BCUT2D eigenvalue weighted by Gasteiger charge is 2.39. The van der Waals surface area contributed by atoms with Gasteiger partial charge in [0.25, 0.3) is 5.91 Å². The van der Waals surface area contributed by atoms with E-state index >= 15 is 0 Å². The molecule has 3 rings (SSSR count). The maximum atomic E-state index is 13.0. The number of nitrogens with zero attached hydrogens (tertiary/aromatic N) is 3. The molecular formula is C22H22N4O6. The largest absolute Gasteiger partial charge is 0.481 e. The molecule has 0 bridgehead atoms. The molecule has 0 aliphatic carbocycles. The summed E-state index contributed by atoms with van der Waals surface area (Å²) in [7, 11) is 2.99. The van der Waals surface area contributed by atoms with Gasteiger partial charge < -0.3 is 20.1 Å². The van der Waals surface area contributed by atoms with Gasteiger partial charge in [0.2, 0.25) is 5.88 Å². The molecule has 1 atom stereocenters. The number of carbonyl (C=O) groups is 4. The predicted octanol–water partition coefficient (Wildman–Crippen LogP) is 1.67. The average Bonchev–Trinajstić information content (AvgIpc) is 2.79. The number of aliphatic carboxylic acids is 1. The lowest BCUT2D eigenvalue weighted by Gasteiger charge is -2.33. The number of amides is 3. The molecule has 32 heavy (non-hydrogen) atoms. The van der Waals surface area contributed by atoms with Gasteiger partial charge in [0.05, 0.1) is 13.5 Å². The first-order valence-electron chi connectivity index (χ1n) is 9.70. The molecule has 0 radical (unpaired) electrons. The van der Waals surface area contributed by atoms with E-state index in [0.29, 0.717) is 17.1 Å². The lowest BCUT2D eigenvalue weighted by molar-refractivity contribution is -0.137. The average molecular weight is 438 g/mol. The van der Waals surface area contributed by atoms with E-state index in [2.05, 4.69) is 10.3 Å². The maximum Gasteiger partial charge on any atom is 0.323 e. The van der Waals surface area contributed by atoms with Crippen molar-refractivity contribution >= 4 is 29.4 Å². The quantitative estimate of drug-likeness (QED) is 0.629. The minimum Gasteiger partial charge on any atom is -0.481 e. The van der Waals surface area contributed by atoms with Crippen LogP contribution >= 0.6 is 0 Å². The van der Waals surface area contributed by atoms with Crippen molar-refractivity contribution in [3.05, 3.63) is 54.9 Å². The summed E-state index contributed by atoms with van der Waals surface area (Å²) >= 11 is 0. The second-order valence-corrected chi connectivity index (χ2v) is 6.96. The molecule has 10 heteroatoms. The Hall–Kier alpha value is -4.21. The molecule has 0 fully saturated rings.